The fourth-order valence-electron chi connectivity index (χ4n) is 2.02. The van der Waals surface area contributed by atoms with E-state index < -0.39 is 12.6 Å². The highest BCUT2D eigenvalue weighted by molar-refractivity contribution is 5.96. The molecule has 0 radical (unpaired) electrons. The largest absolute Gasteiger partial charge is 0.507 e. The summed E-state index contributed by atoms with van der Waals surface area (Å²) in [7, 11) is 0. The van der Waals surface area contributed by atoms with Gasteiger partial charge in [0.1, 0.15) is 23.2 Å². The molecule has 17 heavy (non-hydrogen) atoms. The monoisotopic (exact) mass is 238 g/mol. The third kappa shape index (κ3) is 1.82. The Kier molecular flexibility index (Phi) is 2.93. The second-order valence-electron chi connectivity index (χ2n) is 4.05. The first kappa shape index (κ1) is 11.7. The van der Waals surface area contributed by atoms with Crippen molar-refractivity contribution in [2.45, 2.75) is 32.5 Å². The number of aromatic hydroxyl groups is 2. The number of benzene rings is 1. The highest BCUT2D eigenvalue weighted by Gasteiger charge is 2.30. The van der Waals surface area contributed by atoms with Crippen LogP contribution >= 0.6 is 0 Å². The molecule has 0 spiro atoms. The van der Waals surface area contributed by atoms with Crippen LogP contribution in [0.2, 0.25) is 0 Å². The van der Waals surface area contributed by atoms with Crippen molar-refractivity contribution in [3.05, 3.63) is 22.8 Å². The first-order valence-electron chi connectivity index (χ1n) is 5.47. The second kappa shape index (κ2) is 4.25. The Morgan fingerprint density at radius 3 is 2.76 bits per heavy atom. The van der Waals surface area contributed by atoms with Gasteiger partial charge in [-0.1, -0.05) is 6.92 Å². The summed E-state index contributed by atoms with van der Waals surface area (Å²) in [6.45, 7) is 1.36. The number of ether oxygens (including phenoxy) is 1. The van der Waals surface area contributed by atoms with Crippen molar-refractivity contribution in [3.8, 4) is 11.5 Å². The average Bonchev–Trinajstić information content (AvgIpc) is 2.28. The predicted molar refractivity (Wildman–Crippen MR) is 58.9 cm³/mol. The van der Waals surface area contributed by atoms with E-state index in [9.17, 15) is 15.0 Å². The maximum Gasteiger partial charge on any atom is 0.342 e. The highest BCUT2D eigenvalue weighted by atomic mass is 16.5. The van der Waals surface area contributed by atoms with E-state index >= 15 is 0 Å². The van der Waals surface area contributed by atoms with Gasteiger partial charge in [-0.25, -0.2) is 4.79 Å². The van der Waals surface area contributed by atoms with Gasteiger partial charge in [-0.2, -0.15) is 0 Å². The molecule has 0 saturated heterocycles. The van der Waals surface area contributed by atoms with Gasteiger partial charge in [0.15, 0.2) is 0 Å². The number of cyclic esters (lactones) is 1. The molecule has 0 aromatic heterocycles. The van der Waals surface area contributed by atoms with Gasteiger partial charge in [-0.15, -0.1) is 0 Å². The number of aliphatic hydroxyl groups excluding tert-OH is 1. The van der Waals surface area contributed by atoms with Gasteiger partial charge in [0.05, 0.1) is 12.2 Å². The number of phenols is 2. The summed E-state index contributed by atoms with van der Waals surface area (Å²) in [5, 5.41) is 28.5. The summed E-state index contributed by atoms with van der Waals surface area (Å²) in [5.74, 6) is -1.19. The summed E-state index contributed by atoms with van der Waals surface area (Å²) in [5.41, 5.74) is 0.562. The van der Waals surface area contributed by atoms with Gasteiger partial charge in [0.2, 0.25) is 0 Å². The standard InChI is InChI=1S/C12H14O5/c1-2-7-3-6-4-9(14)8(5-13)11(15)10(6)12(16)17-7/h4,7,13-15H,2-3,5H2,1H3. The number of carbonyl (C=O) groups is 1. The molecule has 1 heterocycles. The van der Waals surface area contributed by atoms with Gasteiger partial charge in [0, 0.05) is 6.42 Å². The van der Waals surface area contributed by atoms with Gasteiger partial charge in [0.25, 0.3) is 0 Å². The molecular formula is C12H14O5. The number of esters is 1. The smallest absolute Gasteiger partial charge is 0.342 e. The van der Waals surface area contributed by atoms with Crippen LogP contribution < -0.4 is 0 Å². The van der Waals surface area contributed by atoms with Crippen LogP contribution in [0.25, 0.3) is 0 Å². The lowest BCUT2D eigenvalue weighted by molar-refractivity contribution is 0.0244. The van der Waals surface area contributed by atoms with Crippen LogP contribution in [0.1, 0.15) is 34.8 Å². The Labute approximate surface area is 98.3 Å². The molecular weight excluding hydrogens is 224 g/mol. The molecule has 0 bridgehead atoms. The average molecular weight is 238 g/mol. The molecule has 0 aliphatic carbocycles. The molecule has 5 nitrogen and oxygen atoms in total. The van der Waals surface area contributed by atoms with Crippen molar-refractivity contribution in [3.63, 3.8) is 0 Å². The molecule has 1 aliphatic heterocycles. The van der Waals surface area contributed by atoms with E-state index in [0.29, 0.717) is 18.4 Å². The van der Waals surface area contributed by atoms with Gasteiger partial charge < -0.3 is 20.1 Å². The van der Waals surface area contributed by atoms with Crippen molar-refractivity contribution in [1.29, 1.82) is 0 Å². The van der Waals surface area contributed by atoms with E-state index in [-0.39, 0.29) is 28.7 Å². The lowest BCUT2D eigenvalue weighted by Crippen LogP contribution is -2.27. The number of carbonyl (C=O) groups excluding carboxylic acids is 1. The topological polar surface area (TPSA) is 87.0 Å². The minimum absolute atomic E-state index is 0.0457. The minimum atomic E-state index is -0.606. The Morgan fingerprint density at radius 1 is 1.47 bits per heavy atom. The number of aliphatic hydroxyl groups is 1. The van der Waals surface area contributed by atoms with Crippen LogP contribution in [0.5, 0.6) is 11.5 Å². The van der Waals surface area contributed by atoms with Crippen LogP contribution in [-0.2, 0) is 17.8 Å². The van der Waals surface area contributed by atoms with Crippen LogP contribution in [0.4, 0.5) is 0 Å². The fourth-order valence-corrected chi connectivity index (χ4v) is 2.02. The van der Waals surface area contributed by atoms with Crippen LogP contribution in [-0.4, -0.2) is 27.4 Å². The first-order chi connectivity index (χ1) is 8.08. The Morgan fingerprint density at radius 2 is 2.18 bits per heavy atom. The van der Waals surface area contributed by atoms with E-state index in [4.69, 9.17) is 9.84 Å². The zero-order valence-electron chi connectivity index (χ0n) is 9.43. The van der Waals surface area contributed by atoms with E-state index in [1.165, 1.54) is 6.07 Å². The van der Waals surface area contributed by atoms with E-state index in [1.807, 2.05) is 6.92 Å². The van der Waals surface area contributed by atoms with E-state index in [1.54, 1.807) is 0 Å². The van der Waals surface area contributed by atoms with Gasteiger partial charge in [-0.3, -0.25) is 0 Å². The maximum atomic E-state index is 11.7. The van der Waals surface area contributed by atoms with Crippen LogP contribution in [0.15, 0.2) is 6.07 Å². The molecule has 5 heteroatoms. The highest BCUT2D eigenvalue weighted by Crippen LogP contribution is 2.37. The zero-order valence-corrected chi connectivity index (χ0v) is 9.43. The van der Waals surface area contributed by atoms with Crippen molar-refractivity contribution in [2.24, 2.45) is 0 Å². The fraction of sp³-hybridized carbons (Fsp3) is 0.417. The van der Waals surface area contributed by atoms with Gasteiger partial charge >= 0.3 is 5.97 Å². The summed E-state index contributed by atoms with van der Waals surface area (Å²) in [6.07, 6.45) is 0.910. The SMILES string of the molecule is CCC1Cc2cc(O)c(CO)c(O)c2C(=O)O1. The molecule has 1 atom stereocenters. The lowest BCUT2D eigenvalue weighted by atomic mass is 9.94. The maximum absolute atomic E-state index is 11.7. The Hall–Kier alpha value is -1.75. The molecule has 1 aromatic carbocycles. The molecule has 1 unspecified atom stereocenters. The molecule has 0 fully saturated rings. The Bertz CT molecular complexity index is 466. The van der Waals surface area contributed by atoms with Crippen LogP contribution in [0.3, 0.4) is 0 Å². The molecule has 1 aliphatic rings. The zero-order chi connectivity index (χ0) is 12.6. The quantitative estimate of drug-likeness (QED) is 0.671. The summed E-state index contributed by atoms with van der Waals surface area (Å²) < 4.78 is 5.12. The van der Waals surface area contributed by atoms with Crippen LogP contribution in [0, 0.1) is 0 Å². The third-order valence-electron chi connectivity index (χ3n) is 3.00. The van der Waals surface area contributed by atoms with Gasteiger partial charge in [-0.05, 0) is 18.1 Å². The van der Waals surface area contributed by atoms with Crippen molar-refractivity contribution in [2.75, 3.05) is 0 Å². The third-order valence-corrected chi connectivity index (χ3v) is 3.00. The minimum Gasteiger partial charge on any atom is -0.507 e. The molecule has 1 aromatic rings. The van der Waals surface area contributed by atoms with E-state index in [0.717, 1.165) is 0 Å². The lowest BCUT2D eigenvalue weighted by Gasteiger charge is -2.25. The second-order valence-corrected chi connectivity index (χ2v) is 4.05. The molecule has 3 N–H and O–H groups in total. The first-order valence-corrected chi connectivity index (χ1v) is 5.47. The van der Waals surface area contributed by atoms with Crippen molar-refractivity contribution >= 4 is 5.97 Å². The number of hydrogen-bond acceptors (Lipinski definition) is 5. The summed E-state index contributed by atoms with van der Waals surface area (Å²) >= 11 is 0. The normalized spacial score (nSPS) is 18.7. The van der Waals surface area contributed by atoms with Crippen molar-refractivity contribution < 1.29 is 24.9 Å². The summed E-state index contributed by atoms with van der Waals surface area (Å²) in [4.78, 5) is 11.7. The summed E-state index contributed by atoms with van der Waals surface area (Å²) in [6, 6.07) is 1.41. The molecule has 0 amide bonds. The molecule has 92 valence electrons. The molecule has 0 saturated carbocycles. The number of fused-ring (bicyclic) bond motifs is 1. The number of rotatable bonds is 2. The Balaban J connectivity index is 2.56. The molecule has 2 rings (SSSR count). The van der Waals surface area contributed by atoms with E-state index in [2.05, 4.69) is 0 Å². The number of hydrogen-bond donors (Lipinski definition) is 3. The van der Waals surface area contributed by atoms with Crippen molar-refractivity contribution in [1.82, 2.24) is 0 Å². The predicted octanol–water partition coefficient (Wildman–Crippen LogP) is 1.08.